The molecule has 4 rings (SSSR count). The largest absolute Gasteiger partial charge is 0.460 e. The first-order chi connectivity index (χ1) is 20.8. The number of carbonyl (C=O) groups excluding carboxylic acids is 4. The highest BCUT2D eigenvalue weighted by Gasteiger charge is 2.25. The van der Waals surface area contributed by atoms with E-state index in [4.69, 9.17) is 23.7 Å². The molecule has 222 valence electrons. The van der Waals surface area contributed by atoms with Crippen molar-refractivity contribution in [3.8, 4) is 22.6 Å². The van der Waals surface area contributed by atoms with Gasteiger partial charge in [-0.15, -0.1) is 0 Å². The summed E-state index contributed by atoms with van der Waals surface area (Å²) in [6, 6.07) is 21.9. The number of rotatable bonds is 12. The third-order valence-corrected chi connectivity index (χ3v) is 6.94. The summed E-state index contributed by atoms with van der Waals surface area (Å²) in [6.45, 7) is 5.94. The lowest BCUT2D eigenvalue weighted by Gasteiger charge is -2.28. The molecule has 9 nitrogen and oxygen atoms in total. The molecule has 0 unspecified atom stereocenters. The zero-order valence-electron chi connectivity index (χ0n) is 23.6. The Hall–Kier alpha value is -5.18. The molecule has 0 aliphatic heterocycles. The van der Waals surface area contributed by atoms with E-state index >= 15 is 0 Å². The first-order valence-corrected chi connectivity index (χ1v) is 13.8. The van der Waals surface area contributed by atoms with Crippen LogP contribution in [0.15, 0.2) is 98.1 Å². The van der Waals surface area contributed by atoms with E-state index in [1.54, 1.807) is 36.4 Å². The molecule has 43 heavy (non-hydrogen) atoms. The summed E-state index contributed by atoms with van der Waals surface area (Å²) in [5.74, 6) is -1.11. The molecule has 0 radical (unpaired) electrons. The second-order valence-corrected chi connectivity index (χ2v) is 9.77. The van der Waals surface area contributed by atoms with E-state index in [1.165, 1.54) is 5.56 Å². The average molecular weight is 585 g/mol. The van der Waals surface area contributed by atoms with E-state index in [0.29, 0.717) is 23.0 Å². The van der Waals surface area contributed by atoms with Crippen molar-refractivity contribution in [1.82, 2.24) is 0 Å². The van der Waals surface area contributed by atoms with Gasteiger partial charge in [-0.05, 0) is 84.7 Å². The number of carbonyl (C=O) groups is 4. The minimum absolute atomic E-state index is 0.176. The van der Waals surface area contributed by atoms with Gasteiger partial charge in [0.25, 0.3) is 0 Å². The van der Waals surface area contributed by atoms with Crippen LogP contribution in [-0.4, -0.2) is 43.4 Å². The lowest BCUT2D eigenvalue weighted by molar-refractivity contribution is -0.161. The standard InChI is InChI=1S/C34H32O9/c1-3-31(35)39-21-33(37)42-29-15-13-26(14-16-29)24-7-5-23(6-8-24)25-9-11-27(12-10-25)34(38)43-30-19-17-28(18-20-30)40-22-41-32(36)4-2/h3-12,17-20,26,29H,1-2,13-16,21-22H2. The van der Waals surface area contributed by atoms with Gasteiger partial charge >= 0.3 is 23.9 Å². The lowest BCUT2D eigenvalue weighted by Crippen LogP contribution is -2.26. The van der Waals surface area contributed by atoms with Crippen LogP contribution in [0, 0.1) is 0 Å². The van der Waals surface area contributed by atoms with E-state index in [-0.39, 0.29) is 12.9 Å². The van der Waals surface area contributed by atoms with Crippen LogP contribution in [0.3, 0.4) is 0 Å². The second-order valence-electron chi connectivity index (χ2n) is 9.77. The fourth-order valence-corrected chi connectivity index (χ4v) is 4.65. The molecule has 3 aromatic carbocycles. The molecule has 0 aromatic heterocycles. The molecule has 1 aliphatic rings. The van der Waals surface area contributed by atoms with Crippen molar-refractivity contribution >= 4 is 23.9 Å². The van der Waals surface area contributed by atoms with Crippen LogP contribution in [0.1, 0.15) is 47.5 Å². The summed E-state index contributed by atoms with van der Waals surface area (Å²) in [5.41, 5.74) is 3.63. The van der Waals surface area contributed by atoms with Gasteiger partial charge in [-0.3, -0.25) is 0 Å². The smallest absolute Gasteiger partial charge is 0.344 e. The predicted molar refractivity (Wildman–Crippen MR) is 157 cm³/mol. The summed E-state index contributed by atoms with van der Waals surface area (Å²) in [7, 11) is 0. The van der Waals surface area contributed by atoms with Crippen LogP contribution in [0.5, 0.6) is 11.5 Å². The number of esters is 4. The van der Waals surface area contributed by atoms with Crippen LogP contribution in [0.25, 0.3) is 11.1 Å². The summed E-state index contributed by atoms with van der Waals surface area (Å²) in [6.07, 6.45) is 5.15. The van der Waals surface area contributed by atoms with Gasteiger partial charge < -0.3 is 23.7 Å². The molecular weight excluding hydrogens is 552 g/mol. The van der Waals surface area contributed by atoms with Gasteiger partial charge in [-0.25, -0.2) is 19.2 Å². The van der Waals surface area contributed by atoms with Crippen LogP contribution >= 0.6 is 0 Å². The van der Waals surface area contributed by atoms with E-state index in [2.05, 4.69) is 37.4 Å². The summed E-state index contributed by atoms with van der Waals surface area (Å²) < 4.78 is 25.7. The number of hydrogen-bond donors (Lipinski definition) is 0. The van der Waals surface area contributed by atoms with Gasteiger partial charge in [0.15, 0.2) is 6.61 Å². The third-order valence-electron chi connectivity index (χ3n) is 6.94. The molecule has 0 spiro atoms. The van der Waals surface area contributed by atoms with Crippen molar-refractivity contribution in [2.75, 3.05) is 13.4 Å². The Morgan fingerprint density at radius 2 is 1.26 bits per heavy atom. The monoisotopic (exact) mass is 584 g/mol. The van der Waals surface area contributed by atoms with Crippen LogP contribution in [-0.2, 0) is 28.6 Å². The maximum atomic E-state index is 12.6. The summed E-state index contributed by atoms with van der Waals surface area (Å²) in [5, 5.41) is 0. The Bertz CT molecular complexity index is 1430. The molecule has 0 N–H and O–H groups in total. The van der Waals surface area contributed by atoms with Crippen LogP contribution in [0.4, 0.5) is 0 Å². The maximum absolute atomic E-state index is 12.6. The molecule has 0 saturated heterocycles. The highest BCUT2D eigenvalue weighted by molar-refractivity contribution is 5.91. The SMILES string of the molecule is C=CC(=O)OCOc1ccc(OC(=O)c2ccc(-c3ccc(C4CCC(OC(=O)COC(=O)C=C)CC4)cc3)cc2)cc1. The molecule has 0 heterocycles. The maximum Gasteiger partial charge on any atom is 0.344 e. The van der Waals surface area contributed by atoms with Crippen molar-refractivity contribution in [2.24, 2.45) is 0 Å². The third kappa shape index (κ3) is 9.16. The predicted octanol–water partition coefficient (Wildman–Crippen LogP) is 5.94. The van der Waals surface area contributed by atoms with Gasteiger partial charge in [0.1, 0.15) is 17.6 Å². The summed E-state index contributed by atoms with van der Waals surface area (Å²) >= 11 is 0. The lowest BCUT2D eigenvalue weighted by atomic mass is 9.82. The Morgan fingerprint density at radius 3 is 1.86 bits per heavy atom. The van der Waals surface area contributed by atoms with Gasteiger partial charge in [-0.2, -0.15) is 0 Å². The highest BCUT2D eigenvalue weighted by Crippen LogP contribution is 2.35. The van der Waals surface area contributed by atoms with Crippen LogP contribution < -0.4 is 9.47 Å². The molecule has 1 fully saturated rings. The molecule has 0 atom stereocenters. The normalized spacial score (nSPS) is 15.8. The van der Waals surface area contributed by atoms with E-state index < -0.39 is 30.5 Å². The van der Waals surface area contributed by atoms with Gasteiger partial charge in [-0.1, -0.05) is 49.6 Å². The summed E-state index contributed by atoms with van der Waals surface area (Å²) in [4.78, 5) is 46.7. The molecule has 3 aromatic rings. The van der Waals surface area contributed by atoms with Crippen molar-refractivity contribution < 1.29 is 42.9 Å². The van der Waals surface area contributed by atoms with Crippen molar-refractivity contribution in [3.05, 3.63) is 109 Å². The minimum atomic E-state index is -0.652. The number of ether oxygens (including phenoxy) is 5. The Labute approximate surface area is 249 Å². The van der Waals surface area contributed by atoms with E-state index in [1.807, 2.05) is 12.1 Å². The molecule has 9 heteroatoms. The van der Waals surface area contributed by atoms with Gasteiger partial charge in [0.2, 0.25) is 6.79 Å². The molecular formula is C34H32O9. The molecule has 0 amide bonds. The topological polar surface area (TPSA) is 114 Å². The van der Waals surface area contributed by atoms with Gasteiger partial charge in [0, 0.05) is 12.2 Å². The quantitative estimate of drug-likeness (QED) is 0.0839. The van der Waals surface area contributed by atoms with Crippen molar-refractivity contribution in [1.29, 1.82) is 0 Å². The number of benzene rings is 3. The van der Waals surface area contributed by atoms with Gasteiger partial charge in [0.05, 0.1) is 5.56 Å². The fraction of sp³-hybridized carbons (Fsp3) is 0.235. The van der Waals surface area contributed by atoms with E-state index in [9.17, 15) is 19.2 Å². The first-order valence-electron chi connectivity index (χ1n) is 13.8. The number of hydrogen-bond acceptors (Lipinski definition) is 9. The average Bonchev–Trinajstić information content (AvgIpc) is 3.04. The van der Waals surface area contributed by atoms with Crippen LogP contribution in [0.2, 0.25) is 0 Å². The van der Waals surface area contributed by atoms with E-state index in [0.717, 1.165) is 49.0 Å². The zero-order chi connectivity index (χ0) is 30.6. The highest BCUT2D eigenvalue weighted by atomic mass is 16.7. The fourth-order valence-electron chi connectivity index (χ4n) is 4.65. The Morgan fingerprint density at radius 1 is 0.698 bits per heavy atom. The zero-order valence-corrected chi connectivity index (χ0v) is 23.6. The minimum Gasteiger partial charge on any atom is -0.460 e. The molecule has 1 saturated carbocycles. The second kappa shape index (κ2) is 15.2. The van der Waals surface area contributed by atoms with Crippen molar-refractivity contribution in [3.63, 3.8) is 0 Å². The Balaban J connectivity index is 1.24. The molecule has 0 bridgehead atoms. The first kappa shape index (κ1) is 30.8. The Kier molecular flexibility index (Phi) is 10.9. The molecule has 1 aliphatic carbocycles. The van der Waals surface area contributed by atoms with Crippen molar-refractivity contribution in [2.45, 2.75) is 37.7 Å².